The Morgan fingerprint density at radius 2 is 1.96 bits per heavy atom. The van der Waals surface area contributed by atoms with Crippen LogP contribution in [0.25, 0.3) is 0 Å². The molecule has 0 saturated heterocycles. The average molecular weight is 381 g/mol. The maximum absolute atomic E-state index is 12.2. The predicted molar refractivity (Wildman–Crippen MR) is 98.2 cm³/mol. The molecule has 0 saturated carbocycles. The van der Waals surface area contributed by atoms with E-state index < -0.39 is 5.91 Å². The first kappa shape index (κ1) is 18.0. The molecule has 0 fully saturated rings. The third-order valence-electron chi connectivity index (χ3n) is 4.61. The Bertz CT molecular complexity index is 895. The number of rotatable bonds is 6. The molecule has 8 heteroatoms. The molecule has 2 aliphatic rings. The average Bonchev–Trinajstić information content (AvgIpc) is 2.97. The van der Waals surface area contributed by atoms with Crippen molar-refractivity contribution in [3.8, 4) is 11.5 Å². The number of para-hydroxylation sites is 2. The molecule has 0 bridgehead atoms. The van der Waals surface area contributed by atoms with Crippen molar-refractivity contribution in [1.29, 1.82) is 0 Å². The second-order valence-electron chi connectivity index (χ2n) is 6.57. The maximum Gasteiger partial charge on any atom is 0.280 e. The molecule has 2 aliphatic heterocycles. The van der Waals surface area contributed by atoms with E-state index >= 15 is 0 Å². The van der Waals surface area contributed by atoms with Crippen LogP contribution in [-0.4, -0.2) is 53.4 Å². The maximum atomic E-state index is 12.2. The fourth-order valence-corrected chi connectivity index (χ4v) is 3.19. The number of aromatic nitrogens is 1. The van der Waals surface area contributed by atoms with Crippen LogP contribution in [-0.2, 0) is 4.79 Å². The molecule has 28 heavy (non-hydrogen) atoms. The number of carbonyl (C=O) groups excluding carboxylic acids is 3. The van der Waals surface area contributed by atoms with Gasteiger partial charge in [0.1, 0.15) is 18.4 Å². The van der Waals surface area contributed by atoms with Crippen molar-refractivity contribution in [3.05, 3.63) is 53.9 Å². The molecule has 0 aliphatic carbocycles. The molecule has 1 aromatic carbocycles. The molecule has 8 nitrogen and oxygen atoms in total. The van der Waals surface area contributed by atoms with Crippen LogP contribution in [0.15, 0.2) is 42.6 Å². The smallest absolute Gasteiger partial charge is 0.280 e. The summed E-state index contributed by atoms with van der Waals surface area (Å²) in [5.41, 5.74) is 0.485. The lowest BCUT2D eigenvalue weighted by molar-refractivity contribution is -0.121. The SMILES string of the molecule is O=C(CCCN1C(=O)c2cccnc2C1=O)NCC1COc2ccccc2O1. The van der Waals surface area contributed by atoms with Crippen molar-refractivity contribution in [3.63, 3.8) is 0 Å². The number of pyridine rings is 1. The summed E-state index contributed by atoms with van der Waals surface area (Å²) in [4.78, 5) is 41.7. The lowest BCUT2D eigenvalue weighted by atomic mass is 10.2. The van der Waals surface area contributed by atoms with Gasteiger partial charge in [0.15, 0.2) is 11.5 Å². The number of amides is 3. The predicted octanol–water partition coefficient (Wildman–Crippen LogP) is 1.41. The fraction of sp³-hybridized carbons (Fsp3) is 0.300. The lowest BCUT2D eigenvalue weighted by Gasteiger charge is -2.26. The summed E-state index contributed by atoms with van der Waals surface area (Å²) in [5, 5.41) is 2.80. The van der Waals surface area contributed by atoms with Gasteiger partial charge in [-0.2, -0.15) is 0 Å². The van der Waals surface area contributed by atoms with Crippen LogP contribution in [0.4, 0.5) is 0 Å². The number of hydrogen-bond donors (Lipinski definition) is 1. The minimum Gasteiger partial charge on any atom is -0.486 e. The molecule has 144 valence electrons. The summed E-state index contributed by atoms with van der Waals surface area (Å²) in [6.45, 7) is 0.862. The third kappa shape index (κ3) is 3.53. The second-order valence-corrected chi connectivity index (χ2v) is 6.57. The van der Waals surface area contributed by atoms with Crippen LogP contribution in [0, 0.1) is 0 Å². The molecule has 4 rings (SSSR count). The van der Waals surface area contributed by atoms with Gasteiger partial charge in [0.2, 0.25) is 5.91 Å². The van der Waals surface area contributed by atoms with Gasteiger partial charge < -0.3 is 14.8 Å². The molecule has 3 amide bonds. The molecule has 1 N–H and O–H groups in total. The summed E-state index contributed by atoms with van der Waals surface area (Å²) < 4.78 is 11.4. The van der Waals surface area contributed by atoms with Gasteiger partial charge >= 0.3 is 0 Å². The van der Waals surface area contributed by atoms with Gasteiger partial charge in [-0.05, 0) is 30.7 Å². The zero-order valence-corrected chi connectivity index (χ0v) is 15.1. The highest BCUT2D eigenvalue weighted by Crippen LogP contribution is 2.30. The van der Waals surface area contributed by atoms with Crippen LogP contribution in [0.2, 0.25) is 0 Å². The van der Waals surface area contributed by atoms with Crippen molar-refractivity contribution in [2.75, 3.05) is 19.7 Å². The van der Waals surface area contributed by atoms with E-state index in [1.54, 1.807) is 12.1 Å². The monoisotopic (exact) mass is 381 g/mol. The first-order valence-electron chi connectivity index (χ1n) is 9.10. The number of benzene rings is 1. The molecular weight excluding hydrogens is 362 g/mol. The van der Waals surface area contributed by atoms with E-state index in [1.807, 2.05) is 24.3 Å². The summed E-state index contributed by atoms with van der Waals surface area (Å²) in [7, 11) is 0. The largest absolute Gasteiger partial charge is 0.486 e. The minimum absolute atomic E-state index is 0.169. The van der Waals surface area contributed by atoms with Crippen LogP contribution in [0.5, 0.6) is 11.5 Å². The van der Waals surface area contributed by atoms with Crippen LogP contribution in [0.3, 0.4) is 0 Å². The van der Waals surface area contributed by atoms with Crippen molar-refractivity contribution < 1.29 is 23.9 Å². The van der Waals surface area contributed by atoms with Crippen LogP contribution >= 0.6 is 0 Å². The van der Waals surface area contributed by atoms with E-state index in [1.165, 1.54) is 6.20 Å². The molecule has 2 aromatic rings. The number of nitrogens with zero attached hydrogens (tertiary/aromatic N) is 2. The highest BCUT2D eigenvalue weighted by Gasteiger charge is 2.36. The Labute approximate surface area is 161 Å². The summed E-state index contributed by atoms with van der Waals surface area (Å²) in [6.07, 6.45) is 1.80. The number of imide groups is 1. The van der Waals surface area contributed by atoms with Crippen molar-refractivity contribution in [1.82, 2.24) is 15.2 Å². The van der Waals surface area contributed by atoms with Crippen molar-refractivity contribution >= 4 is 17.7 Å². The van der Waals surface area contributed by atoms with Gasteiger partial charge in [-0.3, -0.25) is 24.3 Å². The minimum atomic E-state index is -0.410. The molecule has 0 spiro atoms. The number of fused-ring (bicyclic) bond motifs is 2. The summed E-state index contributed by atoms with van der Waals surface area (Å²) in [6, 6.07) is 10.6. The Morgan fingerprint density at radius 1 is 1.14 bits per heavy atom. The molecule has 1 atom stereocenters. The Kier molecular flexibility index (Phi) is 4.92. The van der Waals surface area contributed by atoms with E-state index in [0.717, 1.165) is 4.90 Å². The zero-order valence-electron chi connectivity index (χ0n) is 15.1. The molecule has 0 radical (unpaired) electrons. The molecule has 3 heterocycles. The number of ether oxygens (including phenoxy) is 2. The number of hydrogen-bond acceptors (Lipinski definition) is 6. The fourth-order valence-electron chi connectivity index (χ4n) is 3.19. The highest BCUT2D eigenvalue weighted by molar-refractivity contribution is 6.20. The number of nitrogens with one attached hydrogen (secondary N) is 1. The second kappa shape index (κ2) is 7.67. The lowest BCUT2D eigenvalue weighted by Crippen LogP contribution is -2.41. The van der Waals surface area contributed by atoms with E-state index in [0.29, 0.717) is 36.6 Å². The number of carbonyl (C=O) groups is 3. The first-order chi connectivity index (χ1) is 13.6. The van der Waals surface area contributed by atoms with Gasteiger partial charge in [-0.1, -0.05) is 12.1 Å². The van der Waals surface area contributed by atoms with Gasteiger partial charge in [-0.15, -0.1) is 0 Å². The van der Waals surface area contributed by atoms with E-state index in [9.17, 15) is 14.4 Å². The molecular formula is C20H19N3O5. The first-order valence-corrected chi connectivity index (χ1v) is 9.10. The zero-order chi connectivity index (χ0) is 19.5. The summed E-state index contributed by atoms with van der Waals surface area (Å²) in [5.74, 6) is 0.414. The van der Waals surface area contributed by atoms with Gasteiger partial charge in [-0.25, -0.2) is 0 Å². The Hall–Kier alpha value is -3.42. The Morgan fingerprint density at radius 3 is 2.79 bits per heavy atom. The van der Waals surface area contributed by atoms with E-state index in [-0.39, 0.29) is 36.6 Å². The van der Waals surface area contributed by atoms with Gasteiger partial charge in [0, 0.05) is 19.2 Å². The molecule has 1 unspecified atom stereocenters. The van der Waals surface area contributed by atoms with E-state index in [2.05, 4.69) is 10.3 Å². The quantitative estimate of drug-likeness (QED) is 0.760. The highest BCUT2D eigenvalue weighted by atomic mass is 16.6. The normalized spacial score (nSPS) is 17.4. The van der Waals surface area contributed by atoms with Gasteiger partial charge in [0.05, 0.1) is 12.1 Å². The molecule has 1 aromatic heterocycles. The van der Waals surface area contributed by atoms with Crippen molar-refractivity contribution in [2.45, 2.75) is 18.9 Å². The van der Waals surface area contributed by atoms with E-state index in [4.69, 9.17) is 9.47 Å². The van der Waals surface area contributed by atoms with Crippen LogP contribution < -0.4 is 14.8 Å². The van der Waals surface area contributed by atoms with Gasteiger partial charge in [0.25, 0.3) is 11.8 Å². The standard InChI is InChI=1S/C20H19N3O5/c24-17(22-11-13-12-27-15-6-1-2-7-16(15)28-13)8-4-10-23-19(25)14-5-3-9-21-18(14)20(23)26/h1-3,5-7,9,13H,4,8,10-12H2,(H,22,24). The van der Waals surface area contributed by atoms with Crippen molar-refractivity contribution in [2.24, 2.45) is 0 Å². The third-order valence-corrected chi connectivity index (χ3v) is 4.61. The summed E-state index contributed by atoms with van der Waals surface area (Å²) >= 11 is 0. The topological polar surface area (TPSA) is 97.8 Å². The van der Waals surface area contributed by atoms with Crippen LogP contribution in [0.1, 0.15) is 33.7 Å². The Balaban J connectivity index is 1.21.